The molecule has 0 saturated heterocycles. The molecular formula is C11H15N3O2. The zero-order valence-electron chi connectivity index (χ0n) is 9.42. The van der Waals surface area contributed by atoms with Crippen LogP contribution in [-0.4, -0.2) is 19.8 Å². The van der Waals surface area contributed by atoms with Crippen LogP contribution < -0.4 is 0 Å². The van der Waals surface area contributed by atoms with Gasteiger partial charge in [0, 0.05) is 18.3 Å². The number of aromatic nitrogens is 3. The molecule has 0 radical (unpaired) electrons. The number of aliphatic hydroxyl groups is 1. The molecule has 0 saturated carbocycles. The number of hydrogen-bond donors (Lipinski definition) is 1. The Morgan fingerprint density at radius 3 is 3.00 bits per heavy atom. The Labute approximate surface area is 93.7 Å². The van der Waals surface area contributed by atoms with E-state index in [1.165, 1.54) is 0 Å². The monoisotopic (exact) mass is 221 g/mol. The van der Waals surface area contributed by atoms with Gasteiger partial charge in [0.15, 0.2) is 5.82 Å². The SMILES string of the molecule is CCc1nc(Cn2cccc2C(C)O)no1. The number of rotatable bonds is 4. The zero-order chi connectivity index (χ0) is 11.5. The van der Waals surface area contributed by atoms with Crippen molar-refractivity contribution >= 4 is 0 Å². The van der Waals surface area contributed by atoms with Crippen LogP contribution >= 0.6 is 0 Å². The van der Waals surface area contributed by atoms with Crippen LogP contribution in [0.25, 0.3) is 0 Å². The summed E-state index contributed by atoms with van der Waals surface area (Å²) in [5.74, 6) is 1.27. The van der Waals surface area contributed by atoms with Crippen molar-refractivity contribution in [3.8, 4) is 0 Å². The van der Waals surface area contributed by atoms with E-state index in [1.54, 1.807) is 6.92 Å². The van der Waals surface area contributed by atoms with Crippen molar-refractivity contribution in [1.29, 1.82) is 0 Å². The van der Waals surface area contributed by atoms with Gasteiger partial charge in [0.25, 0.3) is 0 Å². The molecule has 0 aliphatic carbocycles. The highest BCUT2D eigenvalue weighted by atomic mass is 16.5. The molecule has 0 spiro atoms. The fraction of sp³-hybridized carbons (Fsp3) is 0.455. The lowest BCUT2D eigenvalue weighted by molar-refractivity contribution is 0.189. The Hall–Kier alpha value is -1.62. The van der Waals surface area contributed by atoms with Crippen LogP contribution in [0.2, 0.25) is 0 Å². The Balaban J connectivity index is 2.17. The van der Waals surface area contributed by atoms with Crippen molar-refractivity contribution in [2.24, 2.45) is 0 Å². The summed E-state index contributed by atoms with van der Waals surface area (Å²) in [5.41, 5.74) is 0.850. The second-order valence-corrected chi connectivity index (χ2v) is 3.69. The molecule has 16 heavy (non-hydrogen) atoms. The van der Waals surface area contributed by atoms with Crippen LogP contribution in [0.5, 0.6) is 0 Å². The molecule has 0 fully saturated rings. The predicted molar refractivity (Wildman–Crippen MR) is 57.8 cm³/mol. The average Bonchev–Trinajstić information content (AvgIpc) is 2.87. The average molecular weight is 221 g/mol. The molecule has 0 amide bonds. The van der Waals surface area contributed by atoms with E-state index < -0.39 is 6.10 Å². The first kappa shape index (κ1) is 10.9. The van der Waals surface area contributed by atoms with Gasteiger partial charge in [0.2, 0.25) is 5.89 Å². The summed E-state index contributed by atoms with van der Waals surface area (Å²) in [6.07, 6.45) is 2.14. The standard InChI is InChI=1S/C11H15N3O2/c1-3-11-12-10(13-16-11)7-14-6-4-5-9(14)8(2)15/h4-6,8,15H,3,7H2,1-2H3. The third kappa shape index (κ3) is 2.14. The minimum Gasteiger partial charge on any atom is -0.387 e. The topological polar surface area (TPSA) is 64.1 Å². The Kier molecular flexibility index (Phi) is 3.05. The highest BCUT2D eigenvalue weighted by molar-refractivity contribution is 5.10. The molecule has 2 aromatic rings. The van der Waals surface area contributed by atoms with E-state index in [2.05, 4.69) is 10.1 Å². The van der Waals surface area contributed by atoms with E-state index in [9.17, 15) is 5.11 Å². The molecule has 0 bridgehead atoms. The number of nitrogens with zero attached hydrogens (tertiary/aromatic N) is 3. The molecule has 0 aliphatic rings. The molecule has 1 atom stereocenters. The predicted octanol–water partition coefficient (Wildman–Crippen LogP) is 1.54. The number of hydrogen-bond acceptors (Lipinski definition) is 4. The lowest BCUT2D eigenvalue weighted by Crippen LogP contribution is -2.06. The maximum atomic E-state index is 9.54. The first-order valence-corrected chi connectivity index (χ1v) is 5.35. The van der Waals surface area contributed by atoms with Gasteiger partial charge in [0.05, 0.1) is 12.6 Å². The minimum atomic E-state index is -0.493. The Bertz CT molecular complexity index is 459. The van der Waals surface area contributed by atoms with Crippen LogP contribution in [0.1, 0.15) is 37.4 Å². The van der Waals surface area contributed by atoms with Crippen LogP contribution in [0, 0.1) is 0 Å². The minimum absolute atomic E-state index is 0.493. The smallest absolute Gasteiger partial charge is 0.226 e. The first-order valence-electron chi connectivity index (χ1n) is 5.35. The van der Waals surface area contributed by atoms with E-state index in [-0.39, 0.29) is 0 Å². The van der Waals surface area contributed by atoms with E-state index in [0.717, 1.165) is 12.1 Å². The molecule has 0 aromatic carbocycles. The van der Waals surface area contributed by atoms with Crippen molar-refractivity contribution in [1.82, 2.24) is 14.7 Å². The van der Waals surface area contributed by atoms with Gasteiger partial charge in [-0.05, 0) is 19.1 Å². The van der Waals surface area contributed by atoms with Crippen molar-refractivity contribution in [2.45, 2.75) is 32.9 Å². The van der Waals surface area contributed by atoms with Gasteiger partial charge < -0.3 is 14.2 Å². The molecule has 5 heteroatoms. The van der Waals surface area contributed by atoms with E-state index >= 15 is 0 Å². The third-order valence-corrected chi connectivity index (χ3v) is 2.42. The number of aryl methyl sites for hydroxylation is 1. The molecule has 5 nitrogen and oxygen atoms in total. The van der Waals surface area contributed by atoms with Gasteiger partial charge >= 0.3 is 0 Å². The quantitative estimate of drug-likeness (QED) is 0.850. The zero-order valence-corrected chi connectivity index (χ0v) is 9.42. The molecule has 2 aromatic heterocycles. The van der Waals surface area contributed by atoms with Crippen molar-refractivity contribution in [3.63, 3.8) is 0 Å². The largest absolute Gasteiger partial charge is 0.387 e. The summed E-state index contributed by atoms with van der Waals surface area (Å²) in [5, 5.41) is 13.4. The van der Waals surface area contributed by atoms with E-state index in [4.69, 9.17) is 4.52 Å². The first-order chi connectivity index (χ1) is 7.70. The van der Waals surface area contributed by atoms with E-state index in [1.807, 2.05) is 29.8 Å². The van der Waals surface area contributed by atoms with Gasteiger partial charge in [-0.25, -0.2) is 0 Å². The number of aliphatic hydroxyl groups excluding tert-OH is 1. The van der Waals surface area contributed by atoms with Crippen LogP contribution in [0.15, 0.2) is 22.9 Å². The van der Waals surface area contributed by atoms with Gasteiger partial charge in [0.1, 0.15) is 0 Å². The normalized spacial score (nSPS) is 12.9. The van der Waals surface area contributed by atoms with Crippen molar-refractivity contribution < 1.29 is 9.63 Å². The second kappa shape index (κ2) is 4.49. The Morgan fingerprint density at radius 1 is 1.56 bits per heavy atom. The molecule has 2 heterocycles. The summed E-state index contributed by atoms with van der Waals surface area (Å²) >= 11 is 0. The summed E-state index contributed by atoms with van der Waals surface area (Å²) in [4.78, 5) is 4.22. The molecule has 2 rings (SSSR count). The third-order valence-electron chi connectivity index (χ3n) is 2.42. The van der Waals surface area contributed by atoms with E-state index in [0.29, 0.717) is 18.3 Å². The van der Waals surface area contributed by atoms with Gasteiger partial charge in [-0.1, -0.05) is 12.1 Å². The molecular weight excluding hydrogens is 206 g/mol. The summed E-state index contributed by atoms with van der Waals surface area (Å²) < 4.78 is 6.94. The molecule has 86 valence electrons. The summed E-state index contributed by atoms with van der Waals surface area (Å²) in [6.45, 7) is 4.23. The lowest BCUT2D eigenvalue weighted by atomic mass is 10.3. The lowest BCUT2D eigenvalue weighted by Gasteiger charge is -2.08. The maximum Gasteiger partial charge on any atom is 0.226 e. The highest BCUT2D eigenvalue weighted by Crippen LogP contribution is 2.14. The molecule has 0 aliphatic heterocycles. The Morgan fingerprint density at radius 2 is 2.38 bits per heavy atom. The van der Waals surface area contributed by atoms with Gasteiger partial charge in [-0.15, -0.1) is 0 Å². The van der Waals surface area contributed by atoms with Crippen molar-refractivity contribution in [2.75, 3.05) is 0 Å². The highest BCUT2D eigenvalue weighted by Gasteiger charge is 2.10. The van der Waals surface area contributed by atoms with Crippen LogP contribution in [-0.2, 0) is 13.0 Å². The van der Waals surface area contributed by atoms with Crippen LogP contribution in [0.4, 0.5) is 0 Å². The summed E-state index contributed by atoms with van der Waals surface area (Å²) in [6, 6.07) is 3.77. The van der Waals surface area contributed by atoms with Crippen molar-refractivity contribution in [3.05, 3.63) is 35.7 Å². The van der Waals surface area contributed by atoms with Gasteiger partial charge in [-0.3, -0.25) is 0 Å². The molecule has 1 N–H and O–H groups in total. The van der Waals surface area contributed by atoms with Gasteiger partial charge in [-0.2, -0.15) is 4.98 Å². The fourth-order valence-corrected chi connectivity index (χ4v) is 1.60. The molecule has 1 unspecified atom stereocenters. The fourth-order valence-electron chi connectivity index (χ4n) is 1.60. The summed E-state index contributed by atoms with van der Waals surface area (Å²) in [7, 11) is 0. The second-order valence-electron chi connectivity index (χ2n) is 3.69. The maximum absolute atomic E-state index is 9.54. The van der Waals surface area contributed by atoms with Crippen LogP contribution in [0.3, 0.4) is 0 Å².